The van der Waals surface area contributed by atoms with Gasteiger partial charge in [-0.05, 0) is 98.5 Å². The summed E-state index contributed by atoms with van der Waals surface area (Å²) in [5, 5.41) is 0. The highest BCUT2D eigenvalue weighted by Crippen LogP contribution is 2.56. The Bertz CT molecular complexity index is 1940. The maximum absolute atomic E-state index is 2.51. The molecule has 0 fully saturated rings. The van der Waals surface area contributed by atoms with Crippen molar-refractivity contribution in [3.8, 4) is 33.4 Å². The van der Waals surface area contributed by atoms with E-state index in [1.54, 1.807) is 0 Å². The Hall–Kier alpha value is -4.88. The first-order chi connectivity index (χ1) is 21.4. The number of rotatable bonds is 4. The second kappa shape index (κ2) is 9.82. The second-order valence-electron chi connectivity index (χ2n) is 13.1. The van der Waals surface area contributed by atoms with E-state index in [-0.39, 0.29) is 10.8 Å². The van der Waals surface area contributed by atoms with Crippen LogP contribution in [0.1, 0.15) is 56.4 Å². The molecule has 1 aliphatic heterocycles. The van der Waals surface area contributed by atoms with Gasteiger partial charge in [0.2, 0.25) is 0 Å². The normalized spacial score (nSPS) is 17.4. The third kappa shape index (κ3) is 3.85. The van der Waals surface area contributed by atoms with E-state index in [0.29, 0.717) is 0 Å². The first kappa shape index (κ1) is 26.7. The highest BCUT2D eigenvalue weighted by Gasteiger charge is 2.40. The molecule has 214 valence electrons. The largest absolute Gasteiger partial charge is 0.310 e. The zero-order valence-corrected chi connectivity index (χ0v) is 25.9. The Morgan fingerprint density at radius 2 is 0.977 bits per heavy atom. The van der Waals surface area contributed by atoms with Crippen molar-refractivity contribution in [2.24, 2.45) is 0 Å². The van der Waals surface area contributed by atoms with Crippen LogP contribution in [-0.2, 0) is 10.8 Å². The Morgan fingerprint density at radius 3 is 1.55 bits per heavy atom. The van der Waals surface area contributed by atoms with Crippen LogP contribution in [0.3, 0.4) is 0 Å². The van der Waals surface area contributed by atoms with Gasteiger partial charge in [0.05, 0.1) is 11.4 Å². The first-order valence-electron chi connectivity index (χ1n) is 15.8. The third-order valence-electron chi connectivity index (χ3n) is 10.4. The van der Waals surface area contributed by atoms with Gasteiger partial charge in [-0.25, -0.2) is 0 Å². The van der Waals surface area contributed by atoms with Gasteiger partial charge in [-0.15, -0.1) is 0 Å². The van der Waals surface area contributed by atoms with Crippen molar-refractivity contribution in [1.29, 1.82) is 0 Å². The molecule has 0 bridgehead atoms. The maximum atomic E-state index is 2.51. The van der Waals surface area contributed by atoms with Gasteiger partial charge in [-0.3, -0.25) is 0 Å². The molecule has 0 N–H and O–H groups in total. The van der Waals surface area contributed by atoms with Crippen molar-refractivity contribution in [1.82, 2.24) is 0 Å². The Balaban J connectivity index is 1.36. The molecule has 0 saturated carbocycles. The maximum Gasteiger partial charge on any atom is 0.0503 e. The van der Waals surface area contributed by atoms with Gasteiger partial charge in [0.25, 0.3) is 0 Å². The molecular weight excluding hydrogens is 530 g/mol. The summed E-state index contributed by atoms with van der Waals surface area (Å²) in [6.45, 7) is 9.52. The number of benzene rings is 6. The molecule has 1 heteroatoms. The minimum absolute atomic E-state index is 0.0169. The molecule has 1 atom stereocenters. The quantitative estimate of drug-likeness (QED) is 0.205. The fourth-order valence-electron chi connectivity index (χ4n) is 7.72. The summed E-state index contributed by atoms with van der Waals surface area (Å²) >= 11 is 0. The lowest BCUT2D eigenvalue weighted by molar-refractivity contribution is 0.564. The van der Waals surface area contributed by atoms with E-state index in [4.69, 9.17) is 0 Å². The average molecular weight is 568 g/mol. The van der Waals surface area contributed by atoms with Gasteiger partial charge >= 0.3 is 0 Å². The lowest BCUT2D eigenvalue weighted by Gasteiger charge is -2.43. The van der Waals surface area contributed by atoms with Gasteiger partial charge < -0.3 is 4.90 Å². The Labute approximate surface area is 261 Å². The van der Waals surface area contributed by atoms with Gasteiger partial charge in [0.15, 0.2) is 0 Å². The molecule has 6 aromatic carbocycles. The summed E-state index contributed by atoms with van der Waals surface area (Å²) < 4.78 is 0. The van der Waals surface area contributed by atoms with E-state index in [0.717, 1.165) is 6.42 Å². The first-order valence-corrected chi connectivity index (χ1v) is 15.8. The van der Waals surface area contributed by atoms with Crippen LogP contribution in [0.5, 0.6) is 0 Å². The van der Waals surface area contributed by atoms with Crippen LogP contribution in [0, 0.1) is 0 Å². The Morgan fingerprint density at radius 1 is 0.455 bits per heavy atom. The molecular formula is C43H37N. The molecule has 6 aromatic rings. The van der Waals surface area contributed by atoms with Gasteiger partial charge in [0, 0.05) is 16.5 Å². The monoisotopic (exact) mass is 567 g/mol. The highest BCUT2D eigenvalue weighted by molar-refractivity contribution is 5.91. The molecule has 2 aliphatic rings. The molecule has 0 amide bonds. The number of nitrogens with zero attached hydrogens (tertiary/aromatic N) is 1. The number of hydrogen-bond acceptors (Lipinski definition) is 1. The zero-order chi connectivity index (χ0) is 30.1. The smallest absolute Gasteiger partial charge is 0.0503 e. The van der Waals surface area contributed by atoms with Gasteiger partial charge in [-0.2, -0.15) is 0 Å². The summed E-state index contributed by atoms with van der Waals surface area (Å²) in [7, 11) is 0. The molecule has 0 radical (unpaired) electrons. The minimum Gasteiger partial charge on any atom is -0.310 e. The molecule has 0 saturated heterocycles. The summed E-state index contributed by atoms with van der Waals surface area (Å²) in [6.07, 6.45) is 1.06. The van der Waals surface area contributed by atoms with Crippen LogP contribution in [0.15, 0.2) is 140 Å². The van der Waals surface area contributed by atoms with Gasteiger partial charge in [0.1, 0.15) is 0 Å². The molecule has 1 nitrogen and oxygen atoms in total. The Kier molecular flexibility index (Phi) is 5.97. The van der Waals surface area contributed by atoms with Crippen molar-refractivity contribution in [3.05, 3.63) is 162 Å². The predicted molar refractivity (Wildman–Crippen MR) is 186 cm³/mol. The fourth-order valence-corrected chi connectivity index (χ4v) is 7.72. The van der Waals surface area contributed by atoms with Crippen molar-refractivity contribution < 1.29 is 0 Å². The molecule has 44 heavy (non-hydrogen) atoms. The SMILES string of the molecule is CCC1(C)c2ccccc2-c2ccc(N3c4ccc(-c5ccccc5)cc4C(C)(C)c4cc(-c5ccccc5)ccc43)cc21. The number of fused-ring (bicyclic) bond motifs is 5. The third-order valence-corrected chi connectivity index (χ3v) is 10.4. The predicted octanol–water partition coefficient (Wildman–Crippen LogP) is 11.8. The number of anilines is 3. The molecule has 0 aromatic heterocycles. The van der Waals surface area contributed by atoms with Crippen molar-refractivity contribution in [2.45, 2.75) is 44.9 Å². The van der Waals surface area contributed by atoms with Crippen LogP contribution in [0.25, 0.3) is 33.4 Å². The zero-order valence-electron chi connectivity index (χ0n) is 25.9. The van der Waals surface area contributed by atoms with E-state index < -0.39 is 0 Å². The second-order valence-corrected chi connectivity index (χ2v) is 13.1. The van der Waals surface area contributed by atoms with E-state index >= 15 is 0 Å². The van der Waals surface area contributed by atoms with Crippen LogP contribution >= 0.6 is 0 Å². The van der Waals surface area contributed by atoms with E-state index in [2.05, 4.69) is 172 Å². The standard InChI is InChI=1S/C43H37N/c1-5-43(4)36-19-13-12-18-34(36)35-23-22-33(28-37(35)43)44-40-24-20-31(29-14-8-6-9-15-29)26-38(40)42(2,3)39-27-32(21-25-41(39)44)30-16-10-7-11-17-30/h6-28H,5H2,1-4H3. The lowest BCUT2D eigenvalue weighted by atomic mass is 9.72. The lowest BCUT2D eigenvalue weighted by Crippen LogP contribution is -2.31. The van der Waals surface area contributed by atoms with E-state index in [1.807, 2.05) is 0 Å². The average Bonchev–Trinajstić information content (AvgIpc) is 3.33. The van der Waals surface area contributed by atoms with E-state index in [9.17, 15) is 0 Å². The van der Waals surface area contributed by atoms with Crippen LogP contribution in [0.4, 0.5) is 17.1 Å². The van der Waals surface area contributed by atoms with E-state index in [1.165, 1.54) is 72.7 Å². The minimum atomic E-state index is -0.193. The summed E-state index contributed by atoms with van der Waals surface area (Å²) in [6, 6.07) is 51.8. The molecule has 1 heterocycles. The summed E-state index contributed by atoms with van der Waals surface area (Å²) in [5.74, 6) is 0. The molecule has 0 spiro atoms. The highest BCUT2D eigenvalue weighted by atomic mass is 15.2. The summed E-state index contributed by atoms with van der Waals surface area (Å²) in [4.78, 5) is 2.51. The summed E-state index contributed by atoms with van der Waals surface area (Å²) in [5.41, 5.74) is 16.8. The fraction of sp³-hybridized carbons (Fsp3) is 0.163. The van der Waals surface area contributed by atoms with Crippen molar-refractivity contribution in [3.63, 3.8) is 0 Å². The van der Waals surface area contributed by atoms with Gasteiger partial charge in [-0.1, -0.05) is 131 Å². The molecule has 1 aliphatic carbocycles. The topological polar surface area (TPSA) is 3.24 Å². The molecule has 1 unspecified atom stereocenters. The molecule has 8 rings (SSSR count). The van der Waals surface area contributed by atoms with Crippen molar-refractivity contribution in [2.75, 3.05) is 4.90 Å². The van der Waals surface area contributed by atoms with Crippen LogP contribution in [0.2, 0.25) is 0 Å². The number of hydrogen-bond donors (Lipinski definition) is 0. The van der Waals surface area contributed by atoms with Crippen LogP contribution < -0.4 is 4.90 Å². The van der Waals surface area contributed by atoms with Crippen molar-refractivity contribution >= 4 is 17.1 Å². The van der Waals surface area contributed by atoms with Crippen LogP contribution in [-0.4, -0.2) is 0 Å².